The number of hydrogen-bond donors (Lipinski definition) is 1. The van der Waals surface area contributed by atoms with Crippen molar-refractivity contribution in [1.82, 2.24) is 14.9 Å². The number of rotatable bonds is 4. The lowest BCUT2D eigenvalue weighted by molar-refractivity contribution is 0.245. The van der Waals surface area contributed by atoms with Gasteiger partial charge in [0.05, 0.1) is 11.9 Å². The number of aromatic nitrogens is 2. The zero-order chi connectivity index (χ0) is 18.2. The molecular weight excluding hydrogens is 374 g/mol. The Bertz CT molecular complexity index is 1120. The van der Waals surface area contributed by atoms with Crippen molar-refractivity contribution < 1.29 is 0 Å². The molecule has 1 saturated heterocycles. The molecule has 4 aromatic rings. The molecule has 1 aromatic carbocycles. The van der Waals surface area contributed by atoms with E-state index in [1.165, 1.54) is 17.7 Å². The number of nitrogens with one attached hydrogen (secondary N) is 1. The maximum atomic E-state index is 12.6. The molecule has 27 heavy (non-hydrogen) atoms. The van der Waals surface area contributed by atoms with Crippen LogP contribution < -0.4 is 5.56 Å². The Labute approximate surface area is 165 Å². The number of likely N-dealkylation sites (tertiary alicyclic amines) is 1. The highest BCUT2D eigenvalue weighted by atomic mass is 32.1. The van der Waals surface area contributed by atoms with Gasteiger partial charge in [0, 0.05) is 15.8 Å². The van der Waals surface area contributed by atoms with Crippen molar-refractivity contribution in [3.8, 4) is 10.4 Å². The van der Waals surface area contributed by atoms with E-state index in [9.17, 15) is 4.79 Å². The molecule has 0 saturated carbocycles. The fourth-order valence-electron chi connectivity index (χ4n) is 3.81. The first-order valence-electron chi connectivity index (χ1n) is 9.13. The molecule has 1 aliphatic rings. The van der Waals surface area contributed by atoms with Crippen molar-refractivity contribution in [2.45, 2.75) is 25.4 Å². The van der Waals surface area contributed by atoms with Gasteiger partial charge < -0.3 is 4.98 Å². The Hall–Kier alpha value is -2.28. The summed E-state index contributed by atoms with van der Waals surface area (Å²) in [6.07, 6.45) is 2.36. The lowest BCUT2D eigenvalue weighted by atomic mass is 10.2. The molecule has 0 unspecified atom stereocenters. The SMILES string of the molecule is O=c1[nH]c(CN2CCC[C@@H]2c2cccs2)nc2sc(-c3ccccc3)cc12. The van der Waals surface area contributed by atoms with E-state index < -0.39 is 0 Å². The van der Waals surface area contributed by atoms with E-state index in [0.717, 1.165) is 27.6 Å². The fraction of sp³-hybridized carbons (Fsp3) is 0.238. The quantitative estimate of drug-likeness (QED) is 0.528. The third kappa shape index (κ3) is 3.25. The zero-order valence-corrected chi connectivity index (χ0v) is 16.4. The molecule has 136 valence electrons. The van der Waals surface area contributed by atoms with Crippen LogP contribution in [0.25, 0.3) is 20.7 Å². The van der Waals surface area contributed by atoms with E-state index in [2.05, 4.69) is 39.5 Å². The number of H-pyrrole nitrogens is 1. The first-order valence-corrected chi connectivity index (χ1v) is 10.8. The molecule has 1 atom stereocenters. The minimum Gasteiger partial charge on any atom is -0.309 e. The van der Waals surface area contributed by atoms with Gasteiger partial charge in [0.25, 0.3) is 5.56 Å². The maximum absolute atomic E-state index is 12.6. The summed E-state index contributed by atoms with van der Waals surface area (Å²) in [6, 6.07) is 16.9. The van der Waals surface area contributed by atoms with Crippen LogP contribution in [0.3, 0.4) is 0 Å². The van der Waals surface area contributed by atoms with Crippen molar-refractivity contribution in [2.24, 2.45) is 0 Å². The van der Waals surface area contributed by atoms with E-state index in [0.29, 0.717) is 18.0 Å². The average Bonchev–Trinajstić information content (AvgIpc) is 3.42. The summed E-state index contributed by atoms with van der Waals surface area (Å²) >= 11 is 3.40. The highest BCUT2D eigenvalue weighted by Crippen LogP contribution is 2.35. The predicted octanol–water partition coefficient (Wildman–Crippen LogP) is 5.05. The maximum Gasteiger partial charge on any atom is 0.259 e. The number of thiophene rings is 2. The molecule has 0 spiro atoms. The van der Waals surface area contributed by atoms with E-state index in [4.69, 9.17) is 4.98 Å². The lowest BCUT2D eigenvalue weighted by Gasteiger charge is -2.22. The normalized spacial score (nSPS) is 17.7. The topological polar surface area (TPSA) is 49.0 Å². The smallest absolute Gasteiger partial charge is 0.259 e. The van der Waals surface area contributed by atoms with Crippen molar-refractivity contribution in [3.63, 3.8) is 0 Å². The fourth-order valence-corrected chi connectivity index (χ4v) is 5.76. The third-order valence-electron chi connectivity index (χ3n) is 5.10. The van der Waals surface area contributed by atoms with Crippen LogP contribution >= 0.6 is 22.7 Å². The van der Waals surface area contributed by atoms with Gasteiger partial charge in [0.1, 0.15) is 10.7 Å². The minimum absolute atomic E-state index is 0.0414. The van der Waals surface area contributed by atoms with Crippen LogP contribution in [0.2, 0.25) is 0 Å². The van der Waals surface area contributed by atoms with Crippen LogP contribution in [0.5, 0.6) is 0 Å². The molecule has 0 bridgehead atoms. The van der Waals surface area contributed by atoms with Gasteiger partial charge in [-0.05, 0) is 42.5 Å². The molecule has 4 nitrogen and oxygen atoms in total. The molecular formula is C21H19N3OS2. The first kappa shape index (κ1) is 16.9. The lowest BCUT2D eigenvalue weighted by Crippen LogP contribution is -2.25. The Morgan fingerprint density at radius 3 is 2.89 bits per heavy atom. The Balaban J connectivity index is 1.47. The van der Waals surface area contributed by atoms with Gasteiger partial charge in [-0.1, -0.05) is 36.4 Å². The molecule has 5 rings (SSSR count). The second-order valence-electron chi connectivity index (χ2n) is 6.85. The van der Waals surface area contributed by atoms with Gasteiger partial charge >= 0.3 is 0 Å². The highest BCUT2D eigenvalue weighted by Gasteiger charge is 2.27. The summed E-state index contributed by atoms with van der Waals surface area (Å²) in [5.41, 5.74) is 1.08. The second kappa shape index (κ2) is 7.03. The second-order valence-corrected chi connectivity index (χ2v) is 8.86. The summed E-state index contributed by atoms with van der Waals surface area (Å²) in [6.45, 7) is 1.73. The monoisotopic (exact) mass is 393 g/mol. The predicted molar refractivity (Wildman–Crippen MR) is 112 cm³/mol. The zero-order valence-electron chi connectivity index (χ0n) is 14.7. The molecule has 0 amide bonds. The molecule has 4 heterocycles. The molecule has 3 aromatic heterocycles. The number of nitrogens with zero attached hydrogens (tertiary/aromatic N) is 2. The molecule has 6 heteroatoms. The molecule has 0 aliphatic carbocycles. The molecule has 1 fully saturated rings. The van der Waals surface area contributed by atoms with Gasteiger partial charge in [0.15, 0.2) is 0 Å². The Kier molecular flexibility index (Phi) is 4.39. The standard InChI is InChI=1S/C21H19N3OS2/c25-20-15-12-18(14-6-2-1-3-7-14)27-21(15)23-19(22-20)13-24-10-4-8-16(24)17-9-5-11-26-17/h1-3,5-7,9,11-12,16H,4,8,10,13H2,(H,22,23,25)/t16-/m1/s1. The van der Waals surface area contributed by atoms with E-state index in [1.807, 2.05) is 35.6 Å². The van der Waals surface area contributed by atoms with Crippen LogP contribution in [-0.2, 0) is 6.54 Å². The molecule has 1 aliphatic heterocycles. The van der Waals surface area contributed by atoms with Crippen LogP contribution in [0.1, 0.15) is 29.6 Å². The summed E-state index contributed by atoms with van der Waals surface area (Å²) in [4.78, 5) is 26.2. The Morgan fingerprint density at radius 2 is 2.07 bits per heavy atom. The van der Waals surface area contributed by atoms with Crippen molar-refractivity contribution in [3.05, 3.63) is 75.0 Å². The van der Waals surface area contributed by atoms with Gasteiger partial charge in [-0.25, -0.2) is 4.98 Å². The van der Waals surface area contributed by atoms with E-state index in [1.54, 1.807) is 11.3 Å². The van der Waals surface area contributed by atoms with Gasteiger partial charge in [-0.2, -0.15) is 0 Å². The number of aromatic amines is 1. The van der Waals surface area contributed by atoms with Crippen LogP contribution in [0.4, 0.5) is 0 Å². The van der Waals surface area contributed by atoms with Crippen molar-refractivity contribution in [1.29, 1.82) is 0 Å². The summed E-state index contributed by atoms with van der Waals surface area (Å²) in [5.74, 6) is 0.761. The van der Waals surface area contributed by atoms with Gasteiger partial charge in [-0.15, -0.1) is 22.7 Å². The summed E-state index contributed by atoms with van der Waals surface area (Å²) < 4.78 is 0. The number of hydrogen-bond acceptors (Lipinski definition) is 5. The van der Waals surface area contributed by atoms with Crippen LogP contribution in [-0.4, -0.2) is 21.4 Å². The van der Waals surface area contributed by atoms with Gasteiger partial charge in [-0.3, -0.25) is 9.69 Å². The van der Waals surface area contributed by atoms with Crippen LogP contribution in [0.15, 0.2) is 58.7 Å². The number of fused-ring (bicyclic) bond motifs is 1. The summed E-state index contributed by atoms with van der Waals surface area (Å²) in [5, 5.41) is 2.81. The average molecular weight is 394 g/mol. The summed E-state index contributed by atoms with van der Waals surface area (Å²) in [7, 11) is 0. The van der Waals surface area contributed by atoms with Gasteiger partial charge in [0.2, 0.25) is 0 Å². The largest absolute Gasteiger partial charge is 0.309 e. The first-order chi connectivity index (χ1) is 13.3. The van der Waals surface area contributed by atoms with Crippen LogP contribution in [0, 0.1) is 0 Å². The van der Waals surface area contributed by atoms with E-state index >= 15 is 0 Å². The Morgan fingerprint density at radius 1 is 1.19 bits per heavy atom. The van der Waals surface area contributed by atoms with Crippen molar-refractivity contribution >= 4 is 32.9 Å². The number of benzene rings is 1. The third-order valence-corrected chi connectivity index (χ3v) is 7.15. The minimum atomic E-state index is -0.0414. The molecule has 0 radical (unpaired) electrons. The van der Waals surface area contributed by atoms with E-state index in [-0.39, 0.29) is 5.56 Å². The molecule has 1 N–H and O–H groups in total. The van der Waals surface area contributed by atoms with Crippen molar-refractivity contribution in [2.75, 3.05) is 6.54 Å². The highest BCUT2D eigenvalue weighted by molar-refractivity contribution is 7.21.